The van der Waals surface area contributed by atoms with Gasteiger partial charge < -0.3 is 15.3 Å². The molecule has 0 amide bonds. The van der Waals surface area contributed by atoms with Gasteiger partial charge in [0.15, 0.2) is 0 Å². The number of nitrogens with zero attached hydrogens (tertiary/aromatic N) is 5. The zero-order valence-corrected chi connectivity index (χ0v) is 21.9. The number of fused-ring (bicyclic) bond motifs is 1. The Labute approximate surface area is 211 Å². The first-order chi connectivity index (χ1) is 17.1. The molecule has 0 unspecified atom stereocenters. The predicted octanol–water partition coefficient (Wildman–Crippen LogP) is 5.11. The first kappa shape index (κ1) is 24.8. The first-order valence-electron chi connectivity index (χ1n) is 14.4. The summed E-state index contributed by atoms with van der Waals surface area (Å²) in [5.41, 5.74) is 3.58. The third kappa shape index (κ3) is 5.93. The maximum absolute atomic E-state index is 10.0. The summed E-state index contributed by atoms with van der Waals surface area (Å²) in [6, 6.07) is 0.347. The van der Waals surface area contributed by atoms with E-state index in [0.717, 1.165) is 55.8 Å². The number of hydrogen-bond acceptors (Lipinski definition) is 6. The van der Waals surface area contributed by atoms with Crippen LogP contribution in [0.25, 0.3) is 0 Å². The van der Waals surface area contributed by atoms with Crippen molar-refractivity contribution in [2.24, 2.45) is 16.9 Å². The van der Waals surface area contributed by atoms with Crippen LogP contribution in [-0.2, 0) is 0 Å². The summed E-state index contributed by atoms with van der Waals surface area (Å²) in [5.74, 6) is 3.02. The molecule has 192 valence electrons. The second-order valence-corrected chi connectivity index (χ2v) is 11.4. The van der Waals surface area contributed by atoms with Gasteiger partial charge in [-0.2, -0.15) is 4.98 Å². The minimum atomic E-state index is -0.185. The Kier molecular flexibility index (Phi) is 8.13. The fourth-order valence-electron chi connectivity index (χ4n) is 6.51. The van der Waals surface area contributed by atoms with E-state index in [4.69, 9.17) is 15.1 Å². The average Bonchev–Trinajstić information content (AvgIpc) is 3.24. The molecule has 3 fully saturated rings. The van der Waals surface area contributed by atoms with Crippen molar-refractivity contribution in [1.82, 2.24) is 14.9 Å². The summed E-state index contributed by atoms with van der Waals surface area (Å²) < 4.78 is 2.11. The lowest BCUT2D eigenvalue weighted by Gasteiger charge is -2.35. The van der Waals surface area contributed by atoms with E-state index in [2.05, 4.69) is 28.7 Å². The van der Waals surface area contributed by atoms with Crippen LogP contribution in [0.15, 0.2) is 11.3 Å². The van der Waals surface area contributed by atoms with Crippen molar-refractivity contribution in [3.63, 3.8) is 0 Å². The van der Waals surface area contributed by atoms with E-state index in [1.807, 2.05) is 6.20 Å². The van der Waals surface area contributed by atoms with E-state index in [9.17, 15) is 5.11 Å². The van der Waals surface area contributed by atoms with Crippen molar-refractivity contribution in [1.29, 1.82) is 0 Å². The normalized spacial score (nSPS) is 25.5. The smallest absolute Gasteiger partial charge is 0.363 e. The van der Waals surface area contributed by atoms with Gasteiger partial charge in [0.25, 0.3) is 0 Å². The number of aliphatic hydroxyl groups excluding tert-OH is 1. The van der Waals surface area contributed by atoms with Gasteiger partial charge >= 0.3 is 11.8 Å². The molecule has 0 spiro atoms. The van der Waals surface area contributed by atoms with Gasteiger partial charge in [0.1, 0.15) is 17.0 Å². The highest BCUT2D eigenvalue weighted by Crippen LogP contribution is 2.34. The van der Waals surface area contributed by atoms with Gasteiger partial charge in [0.2, 0.25) is 0 Å². The van der Waals surface area contributed by atoms with Gasteiger partial charge in [0, 0.05) is 36.3 Å². The van der Waals surface area contributed by atoms with E-state index < -0.39 is 0 Å². The lowest BCUT2D eigenvalue weighted by atomic mass is 9.86. The molecule has 7 heteroatoms. The molecule has 35 heavy (non-hydrogen) atoms. The number of aliphatic hydroxyl groups is 1. The minimum Gasteiger partial charge on any atom is -0.393 e. The maximum atomic E-state index is 10.0. The number of rotatable bonds is 7. The number of nitrogens with one attached hydrogen (secondary N) is 1. The number of hydrogen-bond donors (Lipinski definition) is 2. The van der Waals surface area contributed by atoms with E-state index in [0.29, 0.717) is 17.9 Å². The van der Waals surface area contributed by atoms with Crippen LogP contribution in [0.5, 0.6) is 0 Å². The third-order valence-electron chi connectivity index (χ3n) is 8.60. The molecular formula is C28H45N6O+. The van der Waals surface area contributed by atoms with Crippen LogP contribution in [-0.4, -0.2) is 67.9 Å². The topological polar surface area (TPSA) is 76.6 Å². The lowest BCUT2D eigenvalue weighted by molar-refractivity contribution is -0.448. The fraction of sp³-hybridized carbons (Fsp3) is 0.786. The summed E-state index contributed by atoms with van der Waals surface area (Å²) in [6.45, 7) is 8.03. The van der Waals surface area contributed by atoms with Crippen molar-refractivity contribution in [2.75, 3.05) is 25.0 Å². The highest BCUT2D eigenvalue weighted by atomic mass is 16.3. The van der Waals surface area contributed by atoms with Crippen molar-refractivity contribution in [3.05, 3.63) is 11.8 Å². The number of anilines is 1. The SMILES string of the molecule is CCC[C@H](C)Nc1ncc2c(n1)[N+](=C1CCC(O)CC1)N=C2C1CCN(CC2CCCCC2)CC1. The molecule has 2 aliphatic heterocycles. The van der Waals surface area contributed by atoms with Crippen molar-refractivity contribution >= 4 is 23.2 Å². The Balaban J connectivity index is 1.33. The van der Waals surface area contributed by atoms with Gasteiger partial charge in [-0.15, -0.1) is 4.68 Å². The van der Waals surface area contributed by atoms with Gasteiger partial charge in [0.05, 0.1) is 12.3 Å². The standard InChI is InChI=1S/C28H45N6O/c1-3-7-20(2)30-28-29-18-25-26(32-34(27(25)31-28)23-10-12-24(35)13-11-23)22-14-16-33(17-15-22)19-21-8-5-4-6-9-21/h18,20-22,24,35H,3-17,19H2,1-2H3,(H,29,30,31)/q+1/t20-,24?/m0/s1. The first-order valence-corrected chi connectivity index (χ1v) is 14.4. The molecule has 2 N–H and O–H groups in total. The predicted molar refractivity (Wildman–Crippen MR) is 142 cm³/mol. The summed E-state index contributed by atoms with van der Waals surface area (Å²) in [7, 11) is 0. The highest BCUT2D eigenvalue weighted by Gasteiger charge is 2.39. The molecule has 1 aromatic heterocycles. The number of likely N-dealkylation sites (tertiary alicyclic amines) is 1. The maximum Gasteiger partial charge on any atom is 0.363 e. The molecule has 3 heterocycles. The van der Waals surface area contributed by atoms with Crippen LogP contribution in [0.3, 0.4) is 0 Å². The van der Waals surface area contributed by atoms with Crippen LogP contribution < -0.4 is 5.32 Å². The van der Waals surface area contributed by atoms with E-state index in [1.54, 1.807) is 0 Å². The van der Waals surface area contributed by atoms with Gasteiger partial charge in [-0.25, -0.2) is 0 Å². The average molecular weight is 482 g/mol. The molecule has 1 aromatic rings. The molecule has 0 radical (unpaired) electrons. The lowest BCUT2D eigenvalue weighted by Crippen LogP contribution is -2.39. The Hall–Kier alpha value is -1.86. The Bertz CT molecular complexity index is 919. The highest BCUT2D eigenvalue weighted by molar-refractivity contribution is 6.06. The summed E-state index contributed by atoms with van der Waals surface area (Å²) in [6.07, 6.45) is 16.9. The molecule has 2 aliphatic carbocycles. The van der Waals surface area contributed by atoms with E-state index >= 15 is 0 Å². The second-order valence-electron chi connectivity index (χ2n) is 11.4. The van der Waals surface area contributed by atoms with Crippen LogP contribution in [0, 0.1) is 11.8 Å². The molecule has 4 aliphatic rings. The molecule has 1 saturated heterocycles. The Morgan fingerprint density at radius 1 is 1.09 bits per heavy atom. The Morgan fingerprint density at radius 2 is 1.83 bits per heavy atom. The summed E-state index contributed by atoms with van der Waals surface area (Å²) in [4.78, 5) is 12.4. The van der Waals surface area contributed by atoms with E-state index in [1.165, 1.54) is 76.0 Å². The molecular weight excluding hydrogens is 436 g/mol. The molecule has 1 atom stereocenters. The van der Waals surface area contributed by atoms with Crippen LogP contribution in [0.2, 0.25) is 0 Å². The minimum absolute atomic E-state index is 0.185. The van der Waals surface area contributed by atoms with Crippen molar-refractivity contribution in [3.8, 4) is 0 Å². The Morgan fingerprint density at radius 3 is 2.54 bits per heavy atom. The zero-order valence-electron chi connectivity index (χ0n) is 21.9. The molecule has 7 nitrogen and oxygen atoms in total. The molecule has 0 aromatic carbocycles. The molecule has 5 rings (SSSR count). The third-order valence-corrected chi connectivity index (χ3v) is 8.60. The fourth-order valence-corrected chi connectivity index (χ4v) is 6.51. The largest absolute Gasteiger partial charge is 0.393 e. The summed E-state index contributed by atoms with van der Waals surface area (Å²) >= 11 is 0. The van der Waals surface area contributed by atoms with Crippen molar-refractivity contribution < 1.29 is 9.79 Å². The van der Waals surface area contributed by atoms with Gasteiger partial charge in [-0.05, 0) is 70.9 Å². The monoisotopic (exact) mass is 481 g/mol. The van der Waals surface area contributed by atoms with Crippen molar-refractivity contribution in [2.45, 2.75) is 109 Å². The van der Waals surface area contributed by atoms with Crippen LogP contribution >= 0.6 is 0 Å². The van der Waals surface area contributed by atoms with Crippen LogP contribution in [0.1, 0.15) is 103 Å². The second kappa shape index (κ2) is 11.5. The number of aromatic nitrogens is 2. The molecule has 0 bridgehead atoms. The zero-order chi connectivity index (χ0) is 24.2. The quantitative estimate of drug-likeness (QED) is 0.530. The van der Waals surface area contributed by atoms with Gasteiger partial charge in [-0.3, -0.25) is 0 Å². The summed E-state index contributed by atoms with van der Waals surface area (Å²) in [5, 5.41) is 18.7. The van der Waals surface area contributed by atoms with E-state index in [-0.39, 0.29) is 6.10 Å². The number of piperidine rings is 1. The molecule has 2 saturated carbocycles. The number of hydrazone groups is 1. The van der Waals surface area contributed by atoms with Crippen LogP contribution in [0.4, 0.5) is 11.8 Å². The van der Waals surface area contributed by atoms with Gasteiger partial charge in [-0.1, -0.05) is 37.7 Å².